The fourth-order valence-electron chi connectivity index (χ4n) is 12.0. The molecule has 3 heteroatoms. The van der Waals surface area contributed by atoms with Crippen LogP contribution in [0.2, 0.25) is 0 Å². The van der Waals surface area contributed by atoms with Gasteiger partial charge in [-0.1, -0.05) is 106 Å². The van der Waals surface area contributed by atoms with E-state index in [9.17, 15) is 0 Å². The van der Waals surface area contributed by atoms with Crippen molar-refractivity contribution in [3.05, 3.63) is 48.6 Å². The summed E-state index contributed by atoms with van der Waals surface area (Å²) >= 11 is 0. The zero-order valence-electron chi connectivity index (χ0n) is 30.3. The third kappa shape index (κ3) is 6.84. The largest absolute Gasteiger partial charge is 0.354 e. The Morgan fingerprint density at radius 2 is 1.66 bits per heavy atom. The normalized spacial score (nSPS) is 43.8. The van der Waals surface area contributed by atoms with E-state index in [-0.39, 0.29) is 4.28 Å². The van der Waals surface area contributed by atoms with Crippen molar-refractivity contribution < 1.29 is 8.80 Å². The third-order valence-corrected chi connectivity index (χ3v) is 16.1. The Labute approximate surface area is 282 Å². The van der Waals surface area contributed by atoms with Crippen LogP contribution in [-0.2, 0) is 4.52 Å². The van der Waals surface area contributed by atoms with Crippen molar-refractivity contribution in [1.82, 2.24) is 0 Å². The number of rotatable bonds is 7. The Morgan fingerprint density at radius 3 is 2.34 bits per heavy atom. The van der Waals surface area contributed by atoms with Crippen LogP contribution in [-0.4, -0.2) is 6.61 Å². The highest BCUT2D eigenvalue weighted by Gasteiger charge is 2.59. The van der Waals surface area contributed by atoms with E-state index < -0.39 is 0 Å². The first-order chi connectivity index (χ1) is 20.6. The highest BCUT2D eigenvalue weighted by Crippen LogP contribution is 2.68. The predicted molar refractivity (Wildman–Crippen MR) is 207 cm³/mol. The number of fused-ring (bicyclic) bond motifs is 4. The van der Waals surface area contributed by atoms with Crippen molar-refractivity contribution in [2.45, 2.75) is 145 Å². The molecule has 0 spiro atoms. The Balaban J connectivity index is 0.000000443. The molecule has 0 bridgehead atoms. The lowest BCUT2D eigenvalue weighted by atomic mass is 9.40. The molecular formula is C41H76OP2. The molecule has 0 saturated heterocycles. The van der Waals surface area contributed by atoms with Crippen molar-refractivity contribution >= 4 is 17.4 Å². The van der Waals surface area contributed by atoms with E-state index in [4.69, 9.17) is 4.52 Å². The first kappa shape index (κ1) is 36.6. The molecule has 0 radical (unpaired) electrons. The minimum atomic E-state index is 0. The van der Waals surface area contributed by atoms with E-state index in [0.717, 1.165) is 30.3 Å². The molecule has 5 fully saturated rings. The summed E-state index contributed by atoms with van der Waals surface area (Å²) in [6, 6.07) is 0. The Morgan fingerprint density at radius 1 is 0.932 bits per heavy atom. The van der Waals surface area contributed by atoms with Gasteiger partial charge in [-0.3, -0.25) is 0 Å². The van der Waals surface area contributed by atoms with Crippen LogP contribution in [0.3, 0.4) is 0 Å². The monoisotopic (exact) mass is 647 g/mol. The third-order valence-electron chi connectivity index (χ3n) is 15.2. The molecule has 11 atom stereocenters. The quantitative estimate of drug-likeness (QED) is 0.152. The molecule has 4 unspecified atom stereocenters. The van der Waals surface area contributed by atoms with E-state index in [1.807, 2.05) is 0 Å². The lowest BCUT2D eigenvalue weighted by Gasteiger charge is -2.64. The summed E-state index contributed by atoms with van der Waals surface area (Å²) in [4.78, 5) is 0. The molecule has 0 aromatic carbocycles. The second kappa shape index (κ2) is 14.1. The fourth-order valence-corrected chi connectivity index (χ4v) is 12.5. The Kier molecular flexibility index (Phi) is 11.7. The smallest absolute Gasteiger partial charge is 0.0693 e. The lowest BCUT2D eigenvalue weighted by Crippen LogP contribution is -2.56. The van der Waals surface area contributed by atoms with E-state index in [1.54, 1.807) is 5.57 Å². The van der Waals surface area contributed by atoms with Crippen LogP contribution in [0.4, 0.5) is 0 Å². The molecule has 0 amide bonds. The maximum absolute atomic E-state index is 5.45. The van der Waals surface area contributed by atoms with Gasteiger partial charge in [0, 0.05) is 12.8 Å². The summed E-state index contributed by atoms with van der Waals surface area (Å²) in [6.45, 7) is 33.8. The van der Waals surface area contributed by atoms with Gasteiger partial charge in [0.2, 0.25) is 0 Å². The fraction of sp³-hybridized carbons (Fsp3) is 0.805. The molecule has 0 aliphatic heterocycles. The first-order valence-electron chi connectivity index (χ1n) is 18.3. The van der Waals surface area contributed by atoms with Crippen LogP contribution >= 0.6 is 17.4 Å². The van der Waals surface area contributed by atoms with Gasteiger partial charge in [-0.25, -0.2) is 0 Å². The second-order valence-corrected chi connectivity index (χ2v) is 19.0. The maximum Gasteiger partial charge on any atom is 0.0693 e. The second-order valence-electron chi connectivity index (χ2n) is 17.8. The van der Waals surface area contributed by atoms with Gasteiger partial charge in [0.05, 0.1) is 6.61 Å². The molecule has 0 aromatic rings. The average Bonchev–Trinajstić information content (AvgIpc) is 2.96. The van der Waals surface area contributed by atoms with Crippen molar-refractivity contribution in [3.63, 3.8) is 0 Å². The standard InChI is InChI=1S/C21H34.C20H36OP2.3H2/c1-7-19(4)13-14-21(6)17(16(19)3)11-12-20(5)15(2)9-8-10-18(20)21;1-15(11-14-21-23-22)7-9-17-16(2)8-10-18-19(3,4)12-6-13-20(17,18)5;;;/h7,16-18H,1-2,8-14H2,3-6H3;11,17-18,23H,2,6-10,12-14,22H2,1,3-5H3;3*1H/b;15-11+;;;/t16-,17+,18?,19+,20+,21+;17-,18?,20+;;;/m01.../s1. The lowest BCUT2D eigenvalue weighted by molar-refractivity contribution is -0.125. The van der Waals surface area contributed by atoms with Crippen LogP contribution in [0.5, 0.6) is 0 Å². The molecule has 256 valence electrons. The van der Waals surface area contributed by atoms with E-state index >= 15 is 0 Å². The van der Waals surface area contributed by atoms with Gasteiger partial charge in [0.25, 0.3) is 0 Å². The van der Waals surface area contributed by atoms with Crippen molar-refractivity contribution in [3.8, 4) is 0 Å². The van der Waals surface area contributed by atoms with Crippen molar-refractivity contribution in [2.75, 3.05) is 6.61 Å². The topological polar surface area (TPSA) is 9.23 Å². The molecule has 1 nitrogen and oxygen atoms in total. The predicted octanol–water partition coefficient (Wildman–Crippen LogP) is 14.0. The number of allylic oxidation sites excluding steroid dienone is 4. The van der Waals surface area contributed by atoms with Gasteiger partial charge in [0.15, 0.2) is 0 Å². The highest BCUT2D eigenvalue weighted by molar-refractivity contribution is 8.00. The summed E-state index contributed by atoms with van der Waals surface area (Å²) in [5.41, 5.74) is 6.83. The van der Waals surface area contributed by atoms with Crippen LogP contribution < -0.4 is 0 Å². The molecule has 5 aliphatic carbocycles. The molecule has 5 aliphatic rings. The van der Waals surface area contributed by atoms with Crippen LogP contribution in [0.1, 0.15) is 150 Å². The summed E-state index contributed by atoms with van der Waals surface area (Å²) < 4.78 is 5.45. The molecule has 5 saturated carbocycles. The summed E-state index contributed by atoms with van der Waals surface area (Å²) in [6.07, 6.45) is 23.3. The van der Waals surface area contributed by atoms with Crippen LogP contribution in [0.15, 0.2) is 48.6 Å². The molecule has 0 heterocycles. The van der Waals surface area contributed by atoms with Gasteiger partial charge in [0.1, 0.15) is 0 Å². The summed E-state index contributed by atoms with van der Waals surface area (Å²) in [5, 5.41) is 0. The number of hydrogen-bond acceptors (Lipinski definition) is 1. The first-order valence-corrected chi connectivity index (χ1v) is 21.0. The molecule has 0 aromatic heterocycles. The Bertz CT molecular complexity index is 1100. The van der Waals surface area contributed by atoms with Crippen molar-refractivity contribution in [1.29, 1.82) is 0 Å². The maximum atomic E-state index is 5.45. The number of hydrogen-bond donors (Lipinski definition) is 0. The highest BCUT2D eigenvalue weighted by atomic mass is 32.0. The van der Waals surface area contributed by atoms with Gasteiger partial charge in [-0.2, -0.15) is 0 Å². The molecule has 5 rings (SSSR count). The minimum absolute atomic E-state index is 0. The van der Waals surface area contributed by atoms with Gasteiger partial charge >= 0.3 is 0 Å². The van der Waals surface area contributed by atoms with Gasteiger partial charge in [-0.15, -0.1) is 6.58 Å². The molecular weight excluding hydrogens is 570 g/mol. The average molecular weight is 647 g/mol. The van der Waals surface area contributed by atoms with E-state index in [2.05, 4.69) is 96.2 Å². The van der Waals surface area contributed by atoms with Crippen LogP contribution in [0, 0.1) is 56.7 Å². The SMILES string of the molecule is C=C1CCC2C(C)(C)CCC[C@@]2(C)[C@@H]1CC/C(C)=C/COPP.C=C[C@]1(C)CC[C@@]2(C)C3CCCC(=C)[C@@]3(C)CC[C@@H]2[C@@H]1C.[HH].[HH].[HH]. The summed E-state index contributed by atoms with van der Waals surface area (Å²) in [5.74, 6) is 4.08. The van der Waals surface area contributed by atoms with Gasteiger partial charge < -0.3 is 4.52 Å². The van der Waals surface area contributed by atoms with Crippen molar-refractivity contribution in [2.24, 2.45) is 56.7 Å². The van der Waals surface area contributed by atoms with E-state index in [1.165, 1.54) is 101 Å². The zero-order chi connectivity index (χ0) is 32.6. The Hall–Kier alpha value is -0.220. The minimum Gasteiger partial charge on any atom is -0.354 e. The van der Waals surface area contributed by atoms with Crippen LogP contribution in [0.25, 0.3) is 0 Å². The molecule has 44 heavy (non-hydrogen) atoms. The summed E-state index contributed by atoms with van der Waals surface area (Å²) in [7, 11) is 3.14. The van der Waals surface area contributed by atoms with E-state index in [0.29, 0.717) is 41.5 Å². The molecule has 0 N–H and O–H groups in total. The van der Waals surface area contributed by atoms with Gasteiger partial charge in [-0.05, 0) is 147 Å². The zero-order valence-corrected chi connectivity index (χ0v) is 32.4.